The molecule has 3 fully saturated rings. The number of para-hydroxylation sites is 2. The van der Waals surface area contributed by atoms with Gasteiger partial charge in [0.1, 0.15) is 5.54 Å². The highest BCUT2D eigenvalue weighted by atomic mass is 16.2. The van der Waals surface area contributed by atoms with Gasteiger partial charge in [0.2, 0.25) is 17.7 Å². The van der Waals surface area contributed by atoms with Crippen molar-refractivity contribution in [2.45, 2.75) is 51.6 Å². The number of carbonyl (C=O) groups excluding carboxylic acids is 3. The van der Waals surface area contributed by atoms with Crippen molar-refractivity contribution in [3.63, 3.8) is 0 Å². The fourth-order valence-electron chi connectivity index (χ4n) is 6.96. The highest BCUT2D eigenvalue weighted by Gasteiger charge is 2.74. The lowest BCUT2D eigenvalue weighted by atomic mass is 9.75. The maximum absolute atomic E-state index is 14.1. The summed E-state index contributed by atoms with van der Waals surface area (Å²) in [6.07, 6.45) is 2.55. The van der Waals surface area contributed by atoms with Gasteiger partial charge in [0.15, 0.2) is 0 Å². The van der Waals surface area contributed by atoms with Crippen LogP contribution in [0.4, 0.5) is 11.4 Å². The van der Waals surface area contributed by atoms with Gasteiger partial charge in [0, 0.05) is 17.3 Å². The molecule has 1 spiro atoms. The molecule has 0 aromatic heterocycles. The van der Waals surface area contributed by atoms with E-state index in [4.69, 9.17) is 0 Å². The lowest BCUT2D eigenvalue weighted by molar-refractivity contribution is -0.135. The minimum absolute atomic E-state index is 0.0900. The van der Waals surface area contributed by atoms with Crippen molar-refractivity contribution in [1.29, 1.82) is 0 Å². The van der Waals surface area contributed by atoms with E-state index < -0.39 is 17.4 Å². The van der Waals surface area contributed by atoms with Gasteiger partial charge < -0.3 is 5.32 Å². The maximum atomic E-state index is 14.1. The smallest absolute Gasteiger partial charge is 0.250 e. The molecule has 3 saturated heterocycles. The van der Waals surface area contributed by atoms with Crippen molar-refractivity contribution >= 4 is 29.1 Å². The second kappa shape index (κ2) is 6.51. The number of hydrogen-bond acceptors (Lipinski definition) is 4. The van der Waals surface area contributed by atoms with Crippen LogP contribution in [0.25, 0.3) is 0 Å². The van der Waals surface area contributed by atoms with Crippen molar-refractivity contribution in [2.75, 3.05) is 16.8 Å². The molecular formula is C26H27N3O3. The Labute approximate surface area is 187 Å². The van der Waals surface area contributed by atoms with Crippen LogP contribution < -0.4 is 10.2 Å². The van der Waals surface area contributed by atoms with Gasteiger partial charge in [-0.2, -0.15) is 0 Å². The number of rotatable bonds is 2. The molecular weight excluding hydrogens is 402 g/mol. The number of carbonyl (C=O) groups is 3. The number of aryl methyl sites for hydroxylation is 3. The second-order valence-corrected chi connectivity index (χ2v) is 9.57. The molecule has 0 aliphatic carbocycles. The summed E-state index contributed by atoms with van der Waals surface area (Å²) in [7, 11) is 0. The van der Waals surface area contributed by atoms with E-state index in [9.17, 15) is 14.4 Å². The molecule has 6 nitrogen and oxygen atoms in total. The van der Waals surface area contributed by atoms with Gasteiger partial charge >= 0.3 is 0 Å². The number of fused-ring (bicyclic) bond motifs is 7. The third-order valence-electron chi connectivity index (χ3n) is 8.16. The highest BCUT2D eigenvalue weighted by Crippen LogP contribution is 2.61. The van der Waals surface area contributed by atoms with Crippen LogP contribution in [-0.2, 0) is 26.3 Å². The van der Waals surface area contributed by atoms with Crippen molar-refractivity contribution in [3.8, 4) is 0 Å². The molecule has 32 heavy (non-hydrogen) atoms. The van der Waals surface area contributed by atoms with Crippen LogP contribution in [0.5, 0.6) is 0 Å². The van der Waals surface area contributed by atoms with Gasteiger partial charge in [-0.05, 0) is 56.3 Å². The van der Waals surface area contributed by atoms with Crippen molar-refractivity contribution < 1.29 is 14.4 Å². The topological polar surface area (TPSA) is 69.7 Å². The molecule has 4 heterocycles. The Kier molecular flexibility index (Phi) is 4.01. The van der Waals surface area contributed by atoms with E-state index in [1.165, 1.54) is 4.90 Å². The molecule has 0 radical (unpaired) electrons. The maximum Gasteiger partial charge on any atom is 0.250 e. The predicted octanol–water partition coefficient (Wildman–Crippen LogP) is 3.30. The fraction of sp³-hybridized carbons (Fsp3) is 0.423. The van der Waals surface area contributed by atoms with Gasteiger partial charge in [-0.1, -0.05) is 43.3 Å². The van der Waals surface area contributed by atoms with Crippen molar-refractivity contribution in [3.05, 3.63) is 58.7 Å². The monoisotopic (exact) mass is 429 g/mol. The molecule has 2 aromatic carbocycles. The minimum atomic E-state index is -1.11. The van der Waals surface area contributed by atoms with Crippen LogP contribution in [0.1, 0.15) is 42.0 Å². The third-order valence-corrected chi connectivity index (χ3v) is 8.16. The normalized spacial score (nSPS) is 30.8. The summed E-state index contributed by atoms with van der Waals surface area (Å²) in [6, 6.07) is 11.7. The first-order chi connectivity index (χ1) is 15.4. The van der Waals surface area contributed by atoms with E-state index in [2.05, 4.69) is 17.1 Å². The zero-order chi connectivity index (χ0) is 22.4. The number of nitrogens with one attached hydrogen (secondary N) is 1. The average Bonchev–Trinajstić information content (AvgIpc) is 3.47. The Morgan fingerprint density at radius 3 is 2.47 bits per heavy atom. The first kappa shape index (κ1) is 19.7. The average molecular weight is 430 g/mol. The predicted molar refractivity (Wildman–Crippen MR) is 121 cm³/mol. The molecule has 164 valence electrons. The number of hydrogen-bond donors (Lipinski definition) is 1. The van der Waals surface area contributed by atoms with E-state index in [-0.39, 0.29) is 23.8 Å². The standard InChI is InChI=1S/C26H27N3O3/c1-4-16-10-6-11-17-21(16)27-25(32)26(17)20-19(18-12-7-13-28(18)26)23(30)29(24(20)31)22-14(2)8-5-9-15(22)3/h5-6,8-11,18-20H,4,7,12-13H2,1-3H3,(H,27,32). The summed E-state index contributed by atoms with van der Waals surface area (Å²) >= 11 is 0. The molecule has 6 heteroatoms. The highest BCUT2D eigenvalue weighted by molar-refractivity contribution is 6.26. The lowest BCUT2D eigenvalue weighted by Crippen LogP contribution is -2.54. The van der Waals surface area contributed by atoms with Gasteiger partial charge in [0.25, 0.3) is 0 Å². The molecule has 6 rings (SSSR count). The van der Waals surface area contributed by atoms with Crippen LogP contribution >= 0.6 is 0 Å². The zero-order valence-electron chi connectivity index (χ0n) is 18.6. The molecule has 4 unspecified atom stereocenters. The molecule has 3 amide bonds. The Bertz CT molecular complexity index is 1180. The Balaban J connectivity index is 1.58. The largest absolute Gasteiger partial charge is 0.324 e. The summed E-state index contributed by atoms with van der Waals surface area (Å²) in [4.78, 5) is 45.4. The van der Waals surface area contributed by atoms with Crippen LogP contribution in [0, 0.1) is 25.7 Å². The summed E-state index contributed by atoms with van der Waals surface area (Å²) in [6.45, 7) is 6.65. The second-order valence-electron chi connectivity index (χ2n) is 9.57. The summed E-state index contributed by atoms with van der Waals surface area (Å²) in [5.41, 5.74) is 4.13. The summed E-state index contributed by atoms with van der Waals surface area (Å²) in [5.74, 6) is -1.74. The van der Waals surface area contributed by atoms with Crippen LogP contribution in [0.15, 0.2) is 36.4 Å². The Hall–Kier alpha value is -2.99. The third kappa shape index (κ3) is 2.11. The number of imide groups is 1. The van der Waals surface area contributed by atoms with Crippen LogP contribution in [0.3, 0.4) is 0 Å². The van der Waals surface area contributed by atoms with Gasteiger partial charge in [0.05, 0.1) is 17.5 Å². The Morgan fingerprint density at radius 1 is 1.03 bits per heavy atom. The Morgan fingerprint density at radius 2 is 1.75 bits per heavy atom. The minimum Gasteiger partial charge on any atom is -0.324 e. The van der Waals surface area contributed by atoms with E-state index >= 15 is 0 Å². The fourth-order valence-corrected chi connectivity index (χ4v) is 6.96. The SMILES string of the molecule is CCc1cccc2c1NC(=O)C21C2C(=O)N(c3c(C)cccc3C)C(=O)C2C2CCCN21. The van der Waals surface area contributed by atoms with Crippen molar-refractivity contribution in [1.82, 2.24) is 4.90 Å². The van der Waals surface area contributed by atoms with E-state index in [0.29, 0.717) is 5.69 Å². The van der Waals surface area contributed by atoms with E-state index in [1.807, 2.05) is 50.2 Å². The lowest BCUT2D eigenvalue weighted by Gasteiger charge is -2.37. The molecule has 4 aliphatic heterocycles. The molecule has 0 saturated carbocycles. The zero-order valence-corrected chi connectivity index (χ0v) is 18.6. The van der Waals surface area contributed by atoms with E-state index in [0.717, 1.165) is 53.7 Å². The molecule has 4 atom stereocenters. The van der Waals surface area contributed by atoms with Crippen LogP contribution in [-0.4, -0.2) is 35.2 Å². The molecule has 1 N–H and O–H groups in total. The number of nitrogens with zero attached hydrogens (tertiary/aromatic N) is 2. The molecule has 0 bridgehead atoms. The first-order valence-electron chi connectivity index (χ1n) is 11.6. The quantitative estimate of drug-likeness (QED) is 0.744. The number of anilines is 2. The van der Waals surface area contributed by atoms with Gasteiger partial charge in [-0.3, -0.25) is 19.3 Å². The number of benzene rings is 2. The van der Waals surface area contributed by atoms with E-state index in [1.54, 1.807) is 0 Å². The van der Waals surface area contributed by atoms with Crippen LogP contribution in [0.2, 0.25) is 0 Å². The molecule has 2 aromatic rings. The van der Waals surface area contributed by atoms with Gasteiger partial charge in [-0.15, -0.1) is 0 Å². The first-order valence-corrected chi connectivity index (χ1v) is 11.6. The van der Waals surface area contributed by atoms with Gasteiger partial charge in [-0.25, -0.2) is 4.90 Å². The summed E-state index contributed by atoms with van der Waals surface area (Å²) in [5, 5.41) is 3.13. The summed E-state index contributed by atoms with van der Waals surface area (Å²) < 4.78 is 0. The number of amides is 3. The van der Waals surface area contributed by atoms with Crippen molar-refractivity contribution in [2.24, 2.45) is 11.8 Å². The molecule has 4 aliphatic rings.